The molecule has 0 radical (unpaired) electrons. The van der Waals surface area contributed by atoms with E-state index < -0.39 is 23.4 Å². The molecular formula is C37H47N5O5. The van der Waals surface area contributed by atoms with E-state index in [1.165, 1.54) is 0 Å². The number of aryl methyl sites for hydroxylation is 2. The predicted octanol–water partition coefficient (Wildman–Crippen LogP) is 6.37. The molecule has 0 saturated heterocycles. The molecule has 250 valence electrons. The summed E-state index contributed by atoms with van der Waals surface area (Å²) in [4.78, 5) is 43.1. The van der Waals surface area contributed by atoms with Crippen LogP contribution in [0.1, 0.15) is 69.8 Å². The maximum absolute atomic E-state index is 13.3. The number of carbonyl (C=O) groups excluding carboxylic acids is 3. The molecule has 3 aromatic carbocycles. The van der Waals surface area contributed by atoms with Gasteiger partial charge in [-0.15, -0.1) is 4.99 Å². The average molecular weight is 642 g/mol. The van der Waals surface area contributed by atoms with Crippen molar-refractivity contribution in [3.8, 4) is 0 Å². The van der Waals surface area contributed by atoms with E-state index >= 15 is 0 Å². The molecule has 1 atom stereocenters. The molecule has 1 unspecified atom stereocenters. The molecular weight excluding hydrogens is 594 g/mol. The third kappa shape index (κ3) is 10.3. The van der Waals surface area contributed by atoms with Crippen molar-refractivity contribution in [1.82, 2.24) is 19.8 Å². The van der Waals surface area contributed by atoms with Crippen LogP contribution in [0.5, 0.6) is 0 Å². The molecule has 10 nitrogen and oxygen atoms in total. The van der Waals surface area contributed by atoms with Crippen molar-refractivity contribution in [3.63, 3.8) is 0 Å². The molecule has 4 aromatic rings. The molecule has 0 aliphatic heterocycles. The number of hydrogen-bond donors (Lipinski definition) is 2. The van der Waals surface area contributed by atoms with Gasteiger partial charge in [-0.05, 0) is 85.1 Å². The lowest BCUT2D eigenvalue weighted by Gasteiger charge is -2.22. The van der Waals surface area contributed by atoms with Crippen LogP contribution in [0.3, 0.4) is 0 Å². The summed E-state index contributed by atoms with van der Waals surface area (Å²) in [6, 6.07) is 24.0. The smallest absolute Gasteiger partial charge is 0.437 e. The van der Waals surface area contributed by atoms with E-state index in [0.29, 0.717) is 18.6 Å². The first-order valence-electron chi connectivity index (χ1n) is 15.9. The van der Waals surface area contributed by atoms with Crippen LogP contribution < -0.4 is 16.3 Å². The Kier molecular flexibility index (Phi) is 11.0. The van der Waals surface area contributed by atoms with Gasteiger partial charge in [0.1, 0.15) is 11.2 Å². The van der Waals surface area contributed by atoms with Gasteiger partial charge in [0, 0.05) is 6.54 Å². The minimum absolute atomic E-state index is 0.197. The highest BCUT2D eigenvalue weighted by atomic mass is 16.6. The Morgan fingerprint density at radius 2 is 1.30 bits per heavy atom. The SMILES string of the molecule is Cc1ccc(CC(CNC(=O)CNC(=O)OC(C)(C)C)n2c(=NC(=O)OC(C)(C)C)n(Cc3ccc(C)cc3)c3ccccc32)cc1. The van der Waals surface area contributed by atoms with Gasteiger partial charge >= 0.3 is 12.2 Å². The lowest BCUT2D eigenvalue weighted by Crippen LogP contribution is -2.42. The van der Waals surface area contributed by atoms with Gasteiger partial charge in [0.25, 0.3) is 0 Å². The summed E-state index contributed by atoms with van der Waals surface area (Å²) < 4.78 is 15.0. The Labute approximate surface area is 276 Å². The molecule has 47 heavy (non-hydrogen) atoms. The van der Waals surface area contributed by atoms with Gasteiger partial charge in [0.15, 0.2) is 0 Å². The number of ether oxygens (including phenoxy) is 2. The van der Waals surface area contributed by atoms with Gasteiger partial charge in [-0.1, -0.05) is 71.8 Å². The van der Waals surface area contributed by atoms with E-state index in [1.807, 2.05) is 59.4 Å². The Bertz CT molecular complexity index is 1770. The number of fused-ring (bicyclic) bond motifs is 1. The number of nitrogens with one attached hydrogen (secondary N) is 2. The van der Waals surface area contributed by atoms with Crippen LogP contribution in [0.25, 0.3) is 11.0 Å². The highest BCUT2D eigenvalue weighted by molar-refractivity contribution is 5.82. The molecule has 3 amide bonds. The largest absolute Gasteiger partial charge is 0.444 e. The van der Waals surface area contributed by atoms with E-state index in [4.69, 9.17) is 9.47 Å². The van der Waals surface area contributed by atoms with Crippen LogP contribution in [0, 0.1) is 13.8 Å². The van der Waals surface area contributed by atoms with Gasteiger partial charge < -0.3 is 29.2 Å². The fourth-order valence-electron chi connectivity index (χ4n) is 5.13. The Morgan fingerprint density at radius 1 is 0.745 bits per heavy atom. The zero-order valence-electron chi connectivity index (χ0n) is 28.7. The fourth-order valence-corrected chi connectivity index (χ4v) is 5.13. The quantitative estimate of drug-likeness (QED) is 0.220. The van der Waals surface area contributed by atoms with Crippen molar-refractivity contribution >= 4 is 29.1 Å². The predicted molar refractivity (Wildman–Crippen MR) is 183 cm³/mol. The van der Waals surface area contributed by atoms with E-state index in [9.17, 15) is 14.4 Å². The number of alkyl carbamates (subject to hydrolysis) is 1. The van der Waals surface area contributed by atoms with Gasteiger partial charge in [-0.25, -0.2) is 9.59 Å². The Morgan fingerprint density at radius 3 is 1.87 bits per heavy atom. The molecule has 1 heterocycles. The van der Waals surface area contributed by atoms with Crippen molar-refractivity contribution < 1.29 is 23.9 Å². The van der Waals surface area contributed by atoms with Crippen molar-refractivity contribution in [2.75, 3.05) is 13.1 Å². The van der Waals surface area contributed by atoms with Crippen LogP contribution in [-0.4, -0.2) is 51.5 Å². The number of nitrogens with zero attached hydrogens (tertiary/aromatic N) is 3. The Hall–Kier alpha value is -4.86. The Balaban J connectivity index is 1.80. The summed E-state index contributed by atoms with van der Waals surface area (Å²) in [6.07, 6.45) is -0.852. The number of amides is 3. The molecule has 0 fully saturated rings. The maximum Gasteiger partial charge on any atom is 0.437 e. The van der Waals surface area contributed by atoms with Gasteiger partial charge in [-0.3, -0.25) is 4.79 Å². The lowest BCUT2D eigenvalue weighted by atomic mass is 10.0. The number of para-hydroxylation sites is 2. The summed E-state index contributed by atoms with van der Waals surface area (Å²) >= 11 is 0. The number of aromatic nitrogens is 2. The number of imidazole rings is 1. The molecule has 0 aliphatic carbocycles. The summed E-state index contributed by atoms with van der Waals surface area (Å²) in [7, 11) is 0. The van der Waals surface area contributed by atoms with Gasteiger partial charge in [0.05, 0.1) is 30.2 Å². The number of hydrogen-bond acceptors (Lipinski definition) is 5. The standard InChI is InChI=1S/C37H47N5O5/c1-25-13-17-27(18-14-25)21-29(22-38-32(43)23-39-34(44)46-36(3,4)5)42-31-12-10-9-11-30(31)41(24-28-19-15-26(2)16-20-28)33(42)40-35(45)47-37(6,7)8/h9-20,29H,21-24H2,1-8H3,(H,38,43)(H,39,44). The fraction of sp³-hybridized carbons (Fsp3) is 0.405. The zero-order valence-corrected chi connectivity index (χ0v) is 28.7. The van der Waals surface area contributed by atoms with Crippen LogP contribution in [0.15, 0.2) is 77.8 Å². The first-order valence-corrected chi connectivity index (χ1v) is 15.9. The van der Waals surface area contributed by atoms with E-state index in [0.717, 1.165) is 33.3 Å². The highest BCUT2D eigenvalue weighted by Gasteiger charge is 2.24. The lowest BCUT2D eigenvalue weighted by molar-refractivity contribution is -0.120. The van der Waals surface area contributed by atoms with Gasteiger partial charge in [-0.2, -0.15) is 0 Å². The van der Waals surface area contributed by atoms with Crippen LogP contribution in [0.2, 0.25) is 0 Å². The zero-order chi connectivity index (χ0) is 34.4. The first-order chi connectivity index (χ1) is 22.1. The second kappa shape index (κ2) is 14.7. The molecule has 2 N–H and O–H groups in total. The van der Waals surface area contributed by atoms with E-state index in [1.54, 1.807) is 41.5 Å². The molecule has 0 bridgehead atoms. The van der Waals surface area contributed by atoms with Crippen LogP contribution in [-0.2, 0) is 27.2 Å². The van der Waals surface area contributed by atoms with Crippen molar-refractivity contribution in [3.05, 3.63) is 101 Å². The molecule has 4 rings (SSSR count). The second-order valence-electron chi connectivity index (χ2n) is 13.8. The topological polar surface area (TPSA) is 116 Å². The second-order valence-corrected chi connectivity index (χ2v) is 13.8. The highest BCUT2D eigenvalue weighted by Crippen LogP contribution is 2.22. The first kappa shape index (κ1) is 35.0. The van der Waals surface area contributed by atoms with Crippen molar-refractivity contribution in [1.29, 1.82) is 0 Å². The van der Waals surface area contributed by atoms with Gasteiger partial charge in [0.2, 0.25) is 11.5 Å². The van der Waals surface area contributed by atoms with Crippen molar-refractivity contribution in [2.24, 2.45) is 4.99 Å². The molecule has 0 saturated carbocycles. The number of carbonyl (C=O) groups is 3. The summed E-state index contributed by atoms with van der Waals surface area (Å²) in [5.74, 6) is -0.376. The molecule has 0 aliphatic rings. The van der Waals surface area contributed by atoms with Crippen LogP contribution in [0.4, 0.5) is 9.59 Å². The minimum Gasteiger partial charge on any atom is -0.444 e. The van der Waals surface area contributed by atoms with E-state index in [-0.39, 0.29) is 25.0 Å². The molecule has 1 aromatic heterocycles. The maximum atomic E-state index is 13.3. The minimum atomic E-state index is -0.740. The number of benzene rings is 3. The molecule has 10 heteroatoms. The van der Waals surface area contributed by atoms with Crippen LogP contribution >= 0.6 is 0 Å². The third-order valence-electron chi connectivity index (χ3n) is 7.22. The monoisotopic (exact) mass is 641 g/mol. The normalized spacial score (nSPS) is 12.9. The third-order valence-corrected chi connectivity index (χ3v) is 7.22. The summed E-state index contributed by atoms with van der Waals surface area (Å²) in [6.45, 7) is 15.2. The number of rotatable bonds is 9. The summed E-state index contributed by atoms with van der Waals surface area (Å²) in [5, 5.41) is 5.50. The van der Waals surface area contributed by atoms with E-state index in [2.05, 4.69) is 52.0 Å². The average Bonchev–Trinajstić information content (AvgIpc) is 3.26. The summed E-state index contributed by atoms with van der Waals surface area (Å²) in [5.41, 5.74) is 5.08. The van der Waals surface area contributed by atoms with Crippen molar-refractivity contribution in [2.45, 2.75) is 85.6 Å². The molecule has 0 spiro atoms.